The fourth-order valence-electron chi connectivity index (χ4n) is 10.1. The van der Waals surface area contributed by atoms with E-state index in [1.165, 1.54) is 55.6 Å². The normalized spacial score (nSPS) is 12.6. The molecule has 0 bridgehead atoms. The van der Waals surface area contributed by atoms with Gasteiger partial charge < -0.3 is 9.32 Å². The van der Waals surface area contributed by atoms with Crippen molar-refractivity contribution >= 4 is 39.0 Å². The molecule has 0 atom stereocenters. The lowest BCUT2D eigenvalue weighted by Gasteiger charge is -2.35. The molecule has 1 aliphatic carbocycles. The van der Waals surface area contributed by atoms with Crippen LogP contribution in [0.25, 0.3) is 66.4 Å². The number of fused-ring (bicyclic) bond motifs is 6. The predicted octanol–water partition coefficient (Wildman–Crippen LogP) is 16.4. The quantitative estimate of drug-likeness (QED) is 0.152. The van der Waals surface area contributed by atoms with Gasteiger partial charge in [0, 0.05) is 27.8 Å². The Balaban J connectivity index is 1.04. The summed E-state index contributed by atoms with van der Waals surface area (Å²) < 4.78 is 6.46. The van der Waals surface area contributed by atoms with E-state index >= 15 is 0 Å². The maximum Gasteiger partial charge on any atom is 0.136 e. The number of benzene rings is 10. The number of anilines is 3. The second kappa shape index (κ2) is 15.1. The minimum atomic E-state index is -0.514. The van der Waals surface area contributed by atoms with E-state index in [4.69, 9.17) is 4.42 Å². The molecule has 0 aliphatic heterocycles. The Kier molecular flexibility index (Phi) is 8.76. The molecule has 0 saturated carbocycles. The molecule has 0 N–H and O–H groups in total. The molecule has 1 heterocycles. The molecule has 2 nitrogen and oxygen atoms in total. The summed E-state index contributed by atoms with van der Waals surface area (Å²) in [4.78, 5) is 2.41. The average Bonchev–Trinajstić information content (AvgIpc) is 3.88. The van der Waals surface area contributed by atoms with Crippen molar-refractivity contribution in [2.45, 2.75) is 5.41 Å². The Morgan fingerprint density at radius 2 is 0.762 bits per heavy atom. The van der Waals surface area contributed by atoms with Crippen LogP contribution in [0.15, 0.2) is 253 Å². The van der Waals surface area contributed by atoms with E-state index in [1.54, 1.807) is 0 Å². The summed E-state index contributed by atoms with van der Waals surface area (Å²) in [5.74, 6) is 0. The largest absolute Gasteiger partial charge is 0.456 e. The number of hydrogen-bond acceptors (Lipinski definition) is 2. The standard InChI is InChI=1S/C61H41NO/c1-5-17-42(18-6-1)43-29-33-48(34-30-43)62(49-35-31-45(32-36-49)55-41-60-56(53-26-14-16-28-59(53)63-60)40-54(55)44-19-7-2-8-20-44)50-37-38-52-51-25-13-15-27-57(51)61(58(52)39-50,46-21-9-3-10-22-46)47-23-11-4-12-24-47/h1-41H. The van der Waals surface area contributed by atoms with Crippen molar-refractivity contribution in [1.29, 1.82) is 0 Å². The lowest BCUT2D eigenvalue weighted by molar-refractivity contribution is 0.669. The topological polar surface area (TPSA) is 16.4 Å². The summed E-state index contributed by atoms with van der Waals surface area (Å²) in [6.07, 6.45) is 0. The number of rotatable bonds is 8. The van der Waals surface area contributed by atoms with Gasteiger partial charge in [-0.2, -0.15) is 0 Å². The van der Waals surface area contributed by atoms with Crippen LogP contribution in [0.4, 0.5) is 17.1 Å². The van der Waals surface area contributed by atoms with E-state index in [9.17, 15) is 0 Å². The number of hydrogen-bond donors (Lipinski definition) is 0. The molecule has 0 unspecified atom stereocenters. The fourth-order valence-corrected chi connectivity index (χ4v) is 10.1. The van der Waals surface area contributed by atoms with Crippen LogP contribution in [0.2, 0.25) is 0 Å². The molecule has 12 rings (SSSR count). The maximum atomic E-state index is 6.46. The highest BCUT2D eigenvalue weighted by Crippen LogP contribution is 2.57. The van der Waals surface area contributed by atoms with Gasteiger partial charge in [0.05, 0.1) is 5.41 Å². The Hall–Kier alpha value is -8.20. The molecular formula is C61H41NO. The van der Waals surface area contributed by atoms with Crippen molar-refractivity contribution in [2.24, 2.45) is 0 Å². The minimum absolute atomic E-state index is 0.514. The first-order valence-electron chi connectivity index (χ1n) is 21.7. The molecule has 0 radical (unpaired) electrons. The van der Waals surface area contributed by atoms with Crippen molar-refractivity contribution in [3.05, 3.63) is 271 Å². The van der Waals surface area contributed by atoms with Crippen molar-refractivity contribution < 1.29 is 4.42 Å². The first kappa shape index (κ1) is 36.6. The van der Waals surface area contributed by atoms with Crippen LogP contribution >= 0.6 is 0 Å². The van der Waals surface area contributed by atoms with E-state index in [0.29, 0.717) is 0 Å². The summed E-state index contributed by atoms with van der Waals surface area (Å²) in [6, 6.07) is 90.2. The lowest BCUT2D eigenvalue weighted by Crippen LogP contribution is -2.28. The number of furan rings is 1. The highest BCUT2D eigenvalue weighted by molar-refractivity contribution is 6.09. The molecule has 10 aromatic carbocycles. The number of para-hydroxylation sites is 1. The molecular weight excluding hydrogens is 763 g/mol. The SMILES string of the molecule is c1ccc(-c2ccc(N(c3ccc(-c4cc5oc6ccccc6c5cc4-c4ccccc4)cc3)c3ccc4c(c3)C(c3ccccc3)(c3ccccc3)c3ccccc3-4)cc2)cc1. The van der Waals surface area contributed by atoms with Gasteiger partial charge >= 0.3 is 0 Å². The molecule has 0 spiro atoms. The minimum Gasteiger partial charge on any atom is -0.456 e. The predicted molar refractivity (Wildman–Crippen MR) is 262 cm³/mol. The average molecular weight is 804 g/mol. The van der Waals surface area contributed by atoms with Crippen LogP contribution in [0.3, 0.4) is 0 Å². The monoisotopic (exact) mass is 803 g/mol. The summed E-state index contributed by atoms with van der Waals surface area (Å²) in [6.45, 7) is 0. The van der Waals surface area contributed by atoms with E-state index in [0.717, 1.165) is 50.1 Å². The van der Waals surface area contributed by atoms with Gasteiger partial charge in [-0.05, 0) is 121 Å². The zero-order valence-electron chi connectivity index (χ0n) is 34.5. The molecule has 0 fully saturated rings. The van der Waals surface area contributed by atoms with Gasteiger partial charge in [0.2, 0.25) is 0 Å². The Morgan fingerprint density at radius 1 is 0.286 bits per heavy atom. The first-order chi connectivity index (χ1) is 31.2. The third-order valence-corrected chi connectivity index (χ3v) is 13.0. The molecule has 1 aromatic heterocycles. The third-order valence-electron chi connectivity index (χ3n) is 13.0. The van der Waals surface area contributed by atoms with Gasteiger partial charge in [-0.25, -0.2) is 0 Å². The van der Waals surface area contributed by atoms with Crippen LogP contribution in [0.1, 0.15) is 22.3 Å². The van der Waals surface area contributed by atoms with Crippen molar-refractivity contribution in [3.8, 4) is 44.5 Å². The van der Waals surface area contributed by atoms with Gasteiger partial charge in [0.1, 0.15) is 11.2 Å². The van der Waals surface area contributed by atoms with Gasteiger partial charge in [-0.3, -0.25) is 0 Å². The first-order valence-corrected chi connectivity index (χ1v) is 21.7. The molecule has 296 valence electrons. The smallest absolute Gasteiger partial charge is 0.136 e. The van der Waals surface area contributed by atoms with Gasteiger partial charge in [0.15, 0.2) is 0 Å². The maximum absolute atomic E-state index is 6.46. The van der Waals surface area contributed by atoms with Crippen LogP contribution in [0, 0.1) is 0 Å². The zero-order valence-corrected chi connectivity index (χ0v) is 34.5. The Morgan fingerprint density at radius 3 is 1.43 bits per heavy atom. The summed E-state index contributed by atoms with van der Waals surface area (Å²) in [5.41, 5.74) is 19.1. The van der Waals surface area contributed by atoms with Crippen LogP contribution in [-0.2, 0) is 5.41 Å². The molecule has 1 aliphatic rings. The Labute approximate surface area is 367 Å². The highest BCUT2D eigenvalue weighted by Gasteiger charge is 2.46. The Bertz CT molecular complexity index is 3370. The molecule has 63 heavy (non-hydrogen) atoms. The van der Waals surface area contributed by atoms with Gasteiger partial charge in [0.25, 0.3) is 0 Å². The summed E-state index contributed by atoms with van der Waals surface area (Å²) in [5, 5.41) is 2.25. The van der Waals surface area contributed by atoms with E-state index < -0.39 is 5.41 Å². The molecule has 11 aromatic rings. The molecule has 2 heteroatoms. The van der Waals surface area contributed by atoms with E-state index in [-0.39, 0.29) is 0 Å². The van der Waals surface area contributed by atoms with Crippen molar-refractivity contribution in [2.75, 3.05) is 4.90 Å². The second-order valence-corrected chi connectivity index (χ2v) is 16.4. The van der Waals surface area contributed by atoms with Crippen LogP contribution < -0.4 is 4.90 Å². The summed E-state index contributed by atoms with van der Waals surface area (Å²) in [7, 11) is 0. The zero-order chi connectivity index (χ0) is 41.7. The second-order valence-electron chi connectivity index (χ2n) is 16.4. The van der Waals surface area contributed by atoms with Gasteiger partial charge in [-0.1, -0.05) is 194 Å². The van der Waals surface area contributed by atoms with Crippen LogP contribution in [-0.4, -0.2) is 0 Å². The lowest BCUT2D eigenvalue weighted by atomic mass is 9.67. The summed E-state index contributed by atoms with van der Waals surface area (Å²) >= 11 is 0. The van der Waals surface area contributed by atoms with Crippen molar-refractivity contribution in [3.63, 3.8) is 0 Å². The third kappa shape index (κ3) is 6.02. The van der Waals surface area contributed by atoms with E-state index in [2.05, 4.69) is 241 Å². The molecule has 0 amide bonds. The van der Waals surface area contributed by atoms with Crippen molar-refractivity contribution in [1.82, 2.24) is 0 Å². The van der Waals surface area contributed by atoms with E-state index in [1.807, 2.05) is 12.1 Å². The van der Waals surface area contributed by atoms with Crippen LogP contribution in [0.5, 0.6) is 0 Å². The fraction of sp³-hybridized carbons (Fsp3) is 0.0164. The highest BCUT2D eigenvalue weighted by atomic mass is 16.3. The number of nitrogens with zero attached hydrogens (tertiary/aromatic N) is 1. The van der Waals surface area contributed by atoms with Gasteiger partial charge in [-0.15, -0.1) is 0 Å². The molecule has 0 saturated heterocycles.